The molecule has 1 aromatic rings. The van der Waals surface area contributed by atoms with E-state index in [0.717, 1.165) is 5.69 Å². The highest BCUT2D eigenvalue weighted by atomic mass is 16.6. The summed E-state index contributed by atoms with van der Waals surface area (Å²) in [5, 5.41) is 13.4. The molecular formula is C17H17N3O6. The van der Waals surface area contributed by atoms with Crippen LogP contribution in [0.4, 0.5) is 11.4 Å². The highest BCUT2D eigenvalue weighted by Gasteiger charge is 2.60. The van der Waals surface area contributed by atoms with Crippen LogP contribution in [0, 0.1) is 15.5 Å². The molecule has 136 valence electrons. The molecule has 4 rings (SSSR count). The van der Waals surface area contributed by atoms with Crippen LogP contribution in [0.5, 0.6) is 0 Å². The number of amides is 2. The van der Waals surface area contributed by atoms with Gasteiger partial charge in [0.25, 0.3) is 5.69 Å². The van der Waals surface area contributed by atoms with Crippen molar-refractivity contribution in [1.82, 2.24) is 5.32 Å². The average molecular weight is 359 g/mol. The third-order valence-electron chi connectivity index (χ3n) is 5.47. The molecule has 1 aromatic carbocycles. The number of nitro groups is 1. The predicted octanol–water partition coefficient (Wildman–Crippen LogP) is 0.347. The van der Waals surface area contributed by atoms with Gasteiger partial charge >= 0.3 is 0 Å². The molecule has 26 heavy (non-hydrogen) atoms. The SMILES string of the molecule is CC1CN2c3ccc([N+](=O)[O-])cc3CC3(C(=O)CC(=O)NC3=O)[C@@H]2CO1. The molecule has 2 saturated heterocycles. The van der Waals surface area contributed by atoms with Gasteiger partial charge in [-0.3, -0.25) is 29.8 Å². The van der Waals surface area contributed by atoms with Crippen LogP contribution in [0.2, 0.25) is 0 Å². The summed E-state index contributed by atoms with van der Waals surface area (Å²) < 4.78 is 5.71. The predicted molar refractivity (Wildman–Crippen MR) is 88.6 cm³/mol. The third-order valence-corrected chi connectivity index (χ3v) is 5.47. The number of hydrogen-bond donors (Lipinski definition) is 1. The number of anilines is 1. The first-order valence-electron chi connectivity index (χ1n) is 8.36. The van der Waals surface area contributed by atoms with Gasteiger partial charge in [0.1, 0.15) is 5.41 Å². The number of piperidine rings is 1. The summed E-state index contributed by atoms with van der Waals surface area (Å²) in [4.78, 5) is 49.8. The van der Waals surface area contributed by atoms with Crippen molar-refractivity contribution in [1.29, 1.82) is 0 Å². The van der Waals surface area contributed by atoms with Crippen LogP contribution in [0.25, 0.3) is 0 Å². The summed E-state index contributed by atoms with van der Waals surface area (Å²) in [7, 11) is 0. The molecule has 9 heteroatoms. The Bertz CT molecular complexity index is 831. The first-order chi connectivity index (χ1) is 12.3. The topological polar surface area (TPSA) is 119 Å². The van der Waals surface area contributed by atoms with Gasteiger partial charge < -0.3 is 9.64 Å². The van der Waals surface area contributed by atoms with Crippen LogP contribution < -0.4 is 10.2 Å². The van der Waals surface area contributed by atoms with Crippen LogP contribution in [-0.4, -0.2) is 47.8 Å². The molecule has 0 bridgehead atoms. The Labute approximate surface area is 148 Å². The Kier molecular flexibility index (Phi) is 3.58. The van der Waals surface area contributed by atoms with E-state index in [4.69, 9.17) is 4.74 Å². The van der Waals surface area contributed by atoms with E-state index in [1.807, 2.05) is 11.8 Å². The molecule has 1 N–H and O–H groups in total. The molecular weight excluding hydrogens is 342 g/mol. The zero-order chi connectivity index (χ0) is 18.6. The number of nitrogens with zero attached hydrogens (tertiary/aromatic N) is 2. The summed E-state index contributed by atoms with van der Waals surface area (Å²) in [6, 6.07) is 3.93. The van der Waals surface area contributed by atoms with Crippen LogP contribution in [0.1, 0.15) is 18.9 Å². The summed E-state index contributed by atoms with van der Waals surface area (Å²) in [5.41, 5.74) is -0.254. The molecule has 9 nitrogen and oxygen atoms in total. The molecule has 1 spiro atoms. The number of ether oxygens (including phenoxy) is 1. The van der Waals surface area contributed by atoms with Gasteiger partial charge in [0.05, 0.1) is 30.1 Å². The normalized spacial score (nSPS) is 30.7. The number of nitrogens with one attached hydrogen (secondary N) is 1. The van der Waals surface area contributed by atoms with Gasteiger partial charge in [-0.05, 0) is 25.0 Å². The maximum Gasteiger partial charge on any atom is 0.269 e. The van der Waals surface area contributed by atoms with E-state index in [0.29, 0.717) is 12.1 Å². The van der Waals surface area contributed by atoms with Crippen molar-refractivity contribution < 1.29 is 24.0 Å². The van der Waals surface area contributed by atoms with Gasteiger partial charge in [-0.15, -0.1) is 0 Å². The Morgan fingerprint density at radius 3 is 2.81 bits per heavy atom. The van der Waals surface area contributed by atoms with E-state index in [1.54, 1.807) is 6.07 Å². The van der Waals surface area contributed by atoms with Gasteiger partial charge in [-0.25, -0.2) is 0 Å². The molecule has 0 aliphatic carbocycles. The summed E-state index contributed by atoms with van der Waals surface area (Å²) in [6.45, 7) is 2.51. The minimum Gasteiger partial charge on any atom is -0.374 e. The second-order valence-electron chi connectivity index (χ2n) is 7.01. The molecule has 2 fully saturated rings. The first-order valence-corrected chi connectivity index (χ1v) is 8.36. The largest absolute Gasteiger partial charge is 0.374 e. The first kappa shape index (κ1) is 16.6. The number of imide groups is 1. The number of rotatable bonds is 1. The number of carbonyl (C=O) groups is 3. The van der Waals surface area contributed by atoms with Crippen LogP contribution >= 0.6 is 0 Å². The molecule has 0 radical (unpaired) electrons. The number of ketones is 1. The highest BCUT2D eigenvalue weighted by molar-refractivity contribution is 6.22. The van der Waals surface area contributed by atoms with Crippen LogP contribution in [-0.2, 0) is 25.5 Å². The Balaban J connectivity index is 1.88. The fraction of sp³-hybridized carbons (Fsp3) is 0.471. The zero-order valence-electron chi connectivity index (χ0n) is 14.1. The molecule has 2 amide bonds. The van der Waals surface area contributed by atoms with E-state index < -0.39 is 34.0 Å². The standard InChI is InChI=1S/C17H17N3O6/c1-9-7-19-12-3-2-11(20(24)25)4-10(12)6-17(13(19)8-26-9)14(21)5-15(22)18-16(17)23/h2-4,9,13H,5-8H2,1H3,(H,18,22,23)/t9?,13-,17?/m0/s1. The lowest BCUT2D eigenvalue weighted by atomic mass is 9.65. The molecule has 3 aliphatic heterocycles. The van der Waals surface area contributed by atoms with Crippen LogP contribution in [0.3, 0.4) is 0 Å². The van der Waals surface area contributed by atoms with E-state index in [9.17, 15) is 24.5 Å². The number of non-ortho nitro benzene ring substituents is 1. The number of morpholine rings is 1. The Morgan fingerprint density at radius 2 is 2.12 bits per heavy atom. The monoisotopic (exact) mass is 359 g/mol. The van der Waals surface area contributed by atoms with Crippen molar-refractivity contribution in [3.8, 4) is 0 Å². The number of carbonyl (C=O) groups excluding carboxylic acids is 3. The summed E-state index contributed by atoms with van der Waals surface area (Å²) in [5.74, 6) is -1.73. The maximum atomic E-state index is 12.9. The summed E-state index contributed by atoms with van der Waals surface area (Å²) >= 11 is 0. The minimum atomic E-state index is -1.48. The van der Waals surface area contributed by atoms with Gasteiger partial charge in [0.15, 0.2) is 5.78 Å². The second-order valence-corrected chi connectivity index (χ2v) is 7.01. The van der Waals surface area contributed by atoms with Gasteiger partial charge in [0, 0.05) is 24.4 Å². The van der Waals surface area contributed by atoms with Crippen LogP contribution in [0.15, 0.2) is 18.2 Å². The van der Waals surface area contributed by atoms with Crippen molar-refractivity contribution in [2.75, 3.05) is 18.1 Å². The maximum absolute atomic E-state index is 12.9. The number of nitro benzene ring substituents is 1. The van der Waals surface area contributed by atoms with E-state index >= 15 is 0 Å². The fourth-order valence-corrected chi connectivity index (χ4v) is 4.23. The lowest BCUT2D eigenvalue weighted by Crippen LogP contribution is -2.70. The fourth-order valence-electron chi connectivity index (χ4n) is 4.23. The van der Waals surface area contributed by atoms with E-state index in [1.165, 1.54) is 12.1 Å². The second kappa shape index (κ2) is 5.60. The lowest BCUT2D eigenvalue weighted by molar-refractivity contribution is -0.384. The number of fused-ring (bicyclic) bond motifs is 4. The van der Waals surface area contributed by atoms with E-state index in [-0.39, 0.29) is 31.2 Å². The molecule has 0 aromatic heterocycles. The Morgan fingerprint density at radius 1 is 1.35 bits per heavy atom. The van der Waals surface area contributed by atoms with Crippen molar-refractivity contribution in [3.63, 3.8) is 0 Å². The lowest BCUT2D eigenvalue weighted by Gasteiger charge is -2.53. The molecule has 3 heterocycles. The van der Waals surface area contributed by atoms with Crippen molar-refractivity contribution >= 4 is 29.0 Å². The number of hydrogen-bond acceptors (Lipinski definition) is 7. The quantitative estimate of drug-likeness (QED) is 0.332. The molecule has 2 unspecified atom stereocenters. The van der Waals surface area contributed by atoms with Gasteiger partial charge in [0.2, 0.25) is 11.8 Å². The minimum absolute atomic E-state index is 0.0147. The Hall–Kier alpha value is -2.81. The van der Waals surface area contributed by atoms with Gasteiger partial charge in [-0.2, -0.15) is 0 Å². The molecule has 0 saturated carbocycles. The number of benzene rings is 1. The van der Waals surface area contributed by atoms with Crippen molar-refractivity contribution in [2.45, 2.75) is 31.9 Å². The summed E-state index contributed by atoms with van der Waals surface area (Å²) in [6.07, 6.45) is -0.482. The van der Waals surface area contributed by atoms with E-state index in [2.05, 4.69) is 5.32 Å². The van der Waals surface area contributed by atoms with Crippen molar-refractivity contribution in [2.24, 2.45) is 5.41 Å². The smallest absolute Gasteiger partial charge is 0.269 e. The van der Waals surface area contributed by atoms with Gasteiger partial charge in [-0.1, -0.05) is 0 Å². The van der Waals surface area contributed by atoms with Crippen molar-refractivity contribution in [3.05, 3.63) is 33.9 Å². The number of Topliss-reactive ketones (excluding diaryl/α,β-unsaturated/α-hetero) is 1. The highest BCUT2D eigenvalue weighted by Crippen LogP contribution is 2.46. The molecule has 3 atom stereocenters. The molecule has 3 aliphatic rings. The average Bonchev–Trinajstić information content (AvgIpc) is 2.58. The third kappa shape index (κ3) is 2.23. The zero-order valence-corrected chi connectivity index (χ0v) is 14.1.